The zero-order valence-electron chi connectivity index (χ0n) is 8.84. The van der Waals surface area contributed by atoms with Crippen LogP contribution in [0.1, 0.15) is 30.1 Å². The van der Waals surface area contributed by atoms with E-state index in [0.29, 0.717) is 12.1 Å². The van der Waals surface area contributed by atoms with Crippen molar-refractivity contribution in [3.8, 4) is 0 Å². The van der Waals surface area contributed by atoms with Crippen LogP contribution in [0.25, 0.3) is 0 Å². The van der Waals surface area contributed by atoms with E-state index in [2.05, 4.69) is 0 Å². The Hall–Kier alpha value is -1.14. The highest BCUT2D eigenvalue weighted by Crippen LogP contribution is 2.33. The molecule has 0 saturated carbocycles. The van der Waals surface area contributed by atoms with E-state index >= 15 is 0 Å². The topological polar surface area (TPSA) is 40.5 Å². The molecule has 17 heavy (non-hydrogen) atoms. The molecule has 0 amide bonds. The van der Waals surface area contributed by atoms with Crippen LogP contribution in [0.3, 0.4) is 0 Å². The zero-order chi connectivity index (χ0) is 13.1. The first-order valence-corrected chi connectivity index (χ1v) is 5.02. The first-order valence-electron chi connectivity index (χ1n) is 5.02. The predicted molar refractivity (Wildman–Crippen MR) is 52.7 cm³/mol. The van der Waals surface area contributed by atoms with E-state index in [9.17, 15) is 22.7 Å². The number of aliphatic hydroxyl groups is 2. The Balaban J connectivity index is 2.96. The monoisotopic (exact) mass is 252 g/mol. The number of hydrogen-bond acceptors (Lipinski definition) is 2. The summed E-state index contributed by atoms with van der Waals surface area (Å²) in [5, 5.41) is 18.1. The van der Waals surface area contributed by atoms with E-state index in [-0.39, 0.29) is 25.0 Å². The lowest BCUT2D eigenvalue weighted by Crippen LogP contribution is -2.10. The molecule has 0 aliphatic carbocycles. The van der Waals surface area contributed by atoms with Gasteiger partial charge in [-0.3, -0.25) is 0 Å². The van der Waals surface area contributed by atoms with Gasteiger partial charge in [-0.1, -0.05) is 6.07 Å². The van der Waals surface area contributed by atoms with Gasteiger partial charge in [0.2, 0.25) is 0 Å². The summed E-state index contributed by atoms with van der Waals surface area (Å²) in [5.74, 6) is -1.37. The van der Waals surface area contributed by atoms with Crippen LogP contribution in [-0.2, 0) is 6.18 Å². The average molecular weight is 252 g/mol. The molecule has 96 valence electrons. The van der Waals surface area contributed by atoms with Crippen molar-refractivity contribution in [1.29, 1.82) is 0 Å². The first-order chi connectivity index (χ1) is 7.86. The summed E-state index contributed by atoms with van der Waals surface area (Å²) < 4.78 is 50.1. The highest BCUT2D eigenvalue weighted by atomic mass is 19.4. The number of rotatable bonds is 4. The maximum absolute atomic E-state index is 12.9. The third kappa shape index (κ3) is 3.67. The number of hydrogen-bond donors (Lipinski definition) is 2. The second kappa shape index (κ2) is 5.46. The van der Waals surface area contributed by atoms with E-state index in [1.807, 2.05) is 0 Å². The Kier molecular flexibility index (Phi) is 4.47. The molecule has 0 spiro atoms. The minimum absolute atomic E-state index is 0.00725. The lowest BCUT2D eigenvalue weighted by atomic mass is 10.0. The summed E-state index contributed by atoms with van der Waals surface area (Å²) >= 11 is 0. The summed E-state index contributed by atoms with van der Waals surface area (Å²) in [7, 11) is 0. The van der Waals surface area contributed by atoms with Crippen LogP contribution in [0.4, 0.5) is 17.6 Å². The Morgan fingerprint density at radius 2 is 1.88 bits per heavy atom. The van der Waals surface area contributed by atoms with Gasteiger partial charge < -0.3 is 10.2 Å². The molecule has 2 nitrogen and oxygen atoms in total. The van der Waals surface area contributed by atoms with Gasteiger partial charge in [0.15, 0.2) is 0 Å². The molecule has 0 radical (unpaired) electrons. The Morgan fingerprint density at radius 1 is 1.24 bits per heavy atom. The fourth-order valence-electron chi connectivity index (χ4n) is 1.42. The molecular formula is C11H12F4O2. The molecule has 2 N–H and O–H groups in total. The molecule has 1 unspecified atom stereocenters. The van der Waals surface area contributed by atoms with E-state index in [1.165, 1.54) is 0 Å². The fourth-order valence-corrected chi connectivity index (χ4v) is 1.42. The molecule has 0 fully saturated rings. The van der Waals surface area contributed by atoms with Gasteiger partial charge in [-0.25, -0.2) is 4.39 Å². The molecule has 0 aliphatic rings. The zero-order valence-corrected chi connectivity index (χ0v) is 8.84. The quantitative estimate of drug-likeness (QED) is 0.809. The van der Waals surface area contributed by atoms with Crippen LogP contribution in [0.5, 0.6) is 0 Å². The van der Waals surface area contributed by atoms with Crippen molar-refractivity contribution in [3.05, 3.63) is 35.1 Å². The molecule has 1 atom stereocenters. The van der Waals surface area contributed by atoms with Gasteiger partial charge in [0.05, 0.1) is 11.7 Å². The third-order valence-corrected chi connectivity index (χ3v) is 2.32. The van der Waals surface area contributed by atoms with E-state index in [4.69, 9.17) is 5.11 Å². The molecule has 1 aromatic carbocycles. The summed E-state index contributed by atoms with van der Waals surface area (Å²) in [5.41, 5.74) is -1.40. The molecular weight excluding hydrogens is 240 g/mol. The molecule has 1 aromatic rings. The molecule has 6 heteroatoms. The lowest BCUT2D eigenvalue weighted by molar-refractivity contribution is -0.140. The number of benzene rings is 1. The van der Waals surface area contributed by atoms with Gasteiger partial charge in [-0.15, -0.1) is 0 Å². The van der Waals surface area contributed by atoms with Crippen LogP contribution >= 0.6 is 0 Å². The van der Waals surface area contributed by atoms with Crippen LogP contribution in [-0.4, -0.2) is 16.8 Å². The van der Waals surface area contributed by atoms with Crippen molar-refractivity contribution in [3.63, 3.8) is 0 Å². The van der Waals surface area contributed by atoms with Gasteiger partial charge in [0.25, 0.3) is 0 Å². The molecule has 0 bridgehead atoms. The molecule has 1 rings (SSSR count). The Bertz CT molecular complexity index is 376. The molecule has 0 heterocycles. The van der Waals surface area contributed by atoms with Gasteiger partial charge in [-0.05, 0) is 30.5 Å². The van der Waals surface area contributed by atoms with Crippen molar-refractivity contribution in [1.82, 2.24) is 0 Å². The SMILES string of the molecule is OCCCC(O)c1ccc(F)c(C(F)(F)F)c1. The standard InChI is InChI=1S/C11H12F4O2/c12-9-4-3-7(10(17)2-1-5-16)6-8(9)11(13,14)15/h3-4,6,10,16-17H,1-2,5H2. The van der Waals surface area contributed by atoms with Gasteiger partial charge >= 0.3 is 6.18 Å². The maximum Gasteiger partial charge on any atom is 0.419 e. The van der Waals surface area contributed by atoms with Crippen LogP contribution < -0.4 is 0 Å². The third-order valence-electron chi connectivity index (χ3n) is 2.32. The number of halogens is 4. The van der Waals surface area contributed by atoms with E-state index in [0.717, 1.165) is 6.07 Å². The second-order valence-electron chi connectivity index (χ2n) is 3.62. The van der Waals surface area contributed by atoms with Gasteiger partial charge in [0, 0.05) is 6.61 Å². The highest BCUT2D eigenvalue weighted by Gasteiger charge is 2.34. The summed E-state index contributed by atoms with van der Waals surface area (Å²) in [4.78, 5) is 0. The molecule has 0 aromatic heterocycles. The average Bonchev–Trinajstić information content (AvgIpc) is 2.25. The first kappa shape index (κ1) is 13.9. The summed E-state index contributed by atoms with van der Waals surface area (Å²) in [6.07, 6.45) is -5.53. The predicted octanol–water partition coefficient (Wildman–Crippen LogP) is 2.65. The van der Waals surface area contributed by atoms with Crippen molar-refractivity contribution in [2.45, 2.75) is 25.1 Å². The molecule has 0 aliphatic heterocycles. The van der Waals surface area contributed by atoms with Crippen molar-refractivity contribution < 1.29 is 27.8 Å². The van der Waals surface area contributed by atoms with Crippen LogP contribution in [0.2, 0.25) is 0 Å². The Labute approximate surface area is 95.5 Å². The van der Waals surface area contributed by atoms with Gasteiger partial charge in [0.1, 0.15) is 5.82 Å². The lowest BCUT2D eigenvalue weighted by Gasteiger charge is -2.14. The number of aliphatic hydroxyl groups excluding tert-OH is 2. The van der Waals surface area contributed by atoms with Crippen molar-refractivity contribution in [2.75, 3.05) is 6.61 Å². The van der Waals surface area contributed by atoms with Crippen molar-refractivity contribution in [2.24, 2.45) is 0 Å². The smallest absolute Gasteiger partial charge is 0.396 e. The minimum Gasteiger partial charge on any atom is -0.396 e. The largest absolute Gasteiger partial charge is 0.419 e. The van der Waals surface area contributed by atoms with E-state index in [1.54, 1.807) is 0 Å². The van der Waals surface area contributed by atoms with Crippen LogP contribution in [0, 0.1) is 5.82 Å². The van der Waals surface area contributed by atoms with E-state index < -0.39 is 23.7 Å². The minimum atomic E-state index is -4.78. The number of alkyl halides is 3. The molecule has 0 saturated heterocycles. The summed E-state index contributed by atoms with van der Waals surface area (Å²) in [6, 6.07) is 2.38. The highest BCUT2D eigenvalue weighted by molar-refractivity contribution is 5.28. The van der Waals surface area contributed by atoms with Crippen molar-refractivity contribution >= 4 is 0 Å². The second-order valence-corrected chi connectivity index (χ2v) is 3.62. The van der Waals surface area contributed by atoms with Gasteiger partial charge in [-0.2, -0.15) is 13.2 Å². The van der Waals surface area contributed by atoms with Crippen LogP contribution in [0.15, 0.2) is 18.2 Å². The normalized spacial score (nSPS) is 13.8. The fraction of sp³-hybridized carbons (Fsp3) is 0.455. The summed E-state index contributed by atoms with van der Waals surface area (Å²) in [6.45, 7) is -0.162. The maximum atomic E-state index is 12.9. The Morgan fingerprint density at radius 3 is 2.41 bits per heavy atom.